The van der Waals surface area contributed by atoms with Gasteiger partial charge in [0.25, 0.3) is 0 Å². The van der Waals surface area contributed by atoms with Gasteiger partial charge in [0.2, 0.25) is 0 Å². The van der Waals surface area contributed by atoms with Crippen LogP contribution in [-0.2, 0) is 4.74 Å². The summed E-state index contributed by atoms with van der Waals surface area (Å²) in [5, 5.41) is 3.12. The van der Waals surface area contributed by atoms with Crippen LogP contribution in [0.1, 0.15) is 39.5 Å². The van der Waals surface area contributed by atoms with E-state index in [0.29, 0.717) is 18.0 Å². The van der Waals surface area contributed by atoms with Crippen LogP contribution in [0, 0.1) is 5.41 Å². The largest absolute Gasteiger partial charge is 0.383 e. The van der Waals surface area contributed by atoms with Gasteiger partial charge in [0, 0.05) is 19.7 Å². The van der Waals surface area contributed by atoms with E-state index in [1.807, 2.05) is 6.92 Å². The zero-order valence-electron chi connectivity index (χ0n) is 10.8. The summed E-state index contributed by atoms with van der Waals surface area (Å²) < 4.78 is 5.03. The van der Waals surface area contributed by atoms with Crippen molar-refractivity contribution in [3.05, 3.63) is 0 Å². The highest BCUT2D eigenvalue weighted by Crippen LogP contribution is 2.37. The molecule has 1 aliphatic rings. The number of rotatable bonds is 5. The van der Waals surface area contributed by atoms with Crippen LogP contribution in [0.15, 0.2) is 4.99 Å². The Balaban J connectivity index is 2.32. The number of hydrogen-bond acceptors (Lipinski definition) is 2. The molecule has 0 aliphatic heterocycles. The smallest absolute Gasteiger partial charge is 0.188 e. The predicted molar refractivity (Wildman–Crippen MR) is 67.5 cm³/mol. The summed E-state index contributed by atoms with van der Waals surface area (Å²) >= 11 is 0. The molecule has 0 heterocycles. The van der Waals surface area contributed by atoms with Crippen molar-refractivity contribution in [3.63, 3.8) is 0 Å². The van der Waals surface area contributed by atoms with Crippen LogP contribution in [0.5, 0.6) is 0 Å². The molecule has 0 spiro atoms. The minimum atomic E-state index is 0.213. The summed E-state index contributed by atoms with van der Waals surface area (Å²) in [6.07, 6.45) is 5.22. The first-order chi connectivity index (χ1) is 7.56. The van der Waals surface area contributed by atoms with Crippen molar-refractivity contribution in [2.24, 2.45) is 16.1 Å². The zero-order valence-corrected chi connectivity index (χ0v) is 10.8. The van der Waals surface area contributed by atoms with Gasteiger partial charge in [-0.25, -0.2) is 0 Å². The lowest BCUT2D eigenvalue weighted by Crippen LogP contribution is -2.41. The summed E-state index contributed by atoms with van der Waals surface area (Å²) in [6, 6.07) is 0.213. The lowest BCUT2D eigenvalue weighted by atomic mass is 9.89. The molecule has 0 radical (unpaired) electrons. The van der Waals surface area contributed by atoms with Crippen molar-refractivity contribution in [2.45, 2.75) is 45.6 Å². The van der Waals surface area contributed by atoms with E-state index in [0.717, 1.165) is 6.54 Å². The monoisotopic (exact) mass is 227 g/mol. The third-order valence-electron chi connectivity index (χ3n) is 3.25. The maximum absolute atomic E-state index is 5.83. The van der Waals surface area contributed by atoms with Crippen molar-refractivity contribution in [3.8, 4) is 0 Å². The van der Waals surface area contributed by atoms with E-state index in [1.165, 1.54) is 25.7 Å². The molecule has 1 saturated carbocycles. The van der Waals surface area contributed by atoms with E-state index in [-0.39, 0.29) is 6.04 Å². The minimum absolute atomic E-state index is 0.213. The quantitative estimate of drug-likeness (QED) is 0.553. The fraction of sp³-hybridized carbons (Fsp3) is 0.917. The molecule has 0 bridgehead atoms. The van der Waals surface area contributed by atoms with Gasteiger partial charge in [0.1, 0.15) is 0 Å². The van der Waals surface area contributed by atoms with Crippen LogP contribution in [0.4, 0.5) is 0 Å². The van der Waals surface area contributed by atoms with E-state index in [9.17, 15) is 0 Å². The highest BCUT2D eigenvalue weighted by atomic mass is 16.5. The van der Waals surface area contributed by atoms with Crippen LogP contribution in [-0.4, -0.2) is 32.3 Å². The Kier molecular flexibility index (Phi) is 5.06. The number of hydrogen-bond donors (Lipinski definition) is 2. The van der Waals surface area contributed by atoms with Crippen molar-refractivity contribution < 1.29 is 4.74 Å². The van der Waals surface area contributed by atoms with Crippen molar-refractivity contribution in [1.29, 1.82) is 0 Å². The van der Waals surface area contributed by atoms with Gasteiger partial charge in [-0.1, -0.05) is 19.8 Å². The SMILES string of the molecule is COCC(C)NC(N)=NCC1(C)CCCC1. The van der Waals surface area contributed by atoms with Crippen molar-refractivity contribution >= 4 is 5.96 Å². The number of guanidine groups is 1. The molecule has 3 N–H and O–H groups in total. The molecule has 1 aliphatic carbocycles. The van der Waals surface area contributed by atoms with E-state index in [2.05, 4.69) is 17.2 Å². The summed E-state index contributed by atoms with van der Waals surface area (Å²) in [4.78, 5) is 4.43. The van der Waals surface area contributed by atoms with Gasteiger partial charge >= 0.3 is 0 Å². The van der Waals surface area contributed by atoms with Gasteiger partial charge in [-0.05, 0) is 25.2 Å². The molecule has 4 nitrogen and oxygen atoms in total. The first kappa shape index (κ1) is 13.3. The third kappa shape index (κ3) is 4.39. The van der Waals surface area contributed by atoms with E-state index in [4.69, 9.17) is 10.5 Å². The Morgan fingerprint density at radius 1 is 1.50 bits per heavy atom. The topological polar surface area (TPSA) is 59.6 Å². The second-order valence-corrected chi connectivity index (χ2v) is 5.22. The summed E-state index contributed by atoms with van der Waals surface area (Å²) in [5.41, 5.74) is 6.20. The maximum Gasteiger partial charge on any atom is 0.188 e. The molecular formula is C12H25N3O. The highest BCUT2D eigenvalue weighted by molar-refractivity contribution is 5.78. The Labute approximate surface area is 98.6 Å². The minimum Gasteiger partial charge on any atom is -0.383 e. The summed E-state index contributed by atoms with van der Waals surface area (Å²) in [5.74, 6) is 0.540. The number of nitrogens with one attached hydrogen (secondary N) is 1. The molecule has 1 fully saturated rings. The molecule has 1 rings (SSSR count). The Hall–Kier alpha value is -0.770. The first-order valence-electron chi connectivity index (χ1n) is 6.11. The van der Waals surface area contributed by atoms with Crippen LogP contribution in [0.3, 0.4) is 0 Å². The molecule has 94 valence electrons. The van der Waals surface area contributed by atoms with Crippen LogP contribution in [0.2, 0.25) is 0 Å². The second kappa shape index (κ2) is 6.09. The molecule has 0 aromatic carbocycles. The molecule has 1 unspecified atom stereocenters. The molecule has 0 aromatic rings. The van der Waals surface area contributed by atoms with Crippen molar-refractivity contribution in [1.82, 2.24) is 5.32 Å². The standard InChI is InChI=1S/C12H25N3O/c1-10(8-16-3)15-11(13)14-9-12(2)6-4-5-7-12/h10H,4-9H2,1-3H3,(H3,13,14,15). The van der Waals surface area contributed by atoms with Gasteiger partial charge < -0.3 is 15.8 Å². The summed E-state index contributed by atoms with van der Waals surface area (Å²) in [6.45, 7) is 5.82. The van der Waals surface area contributed by atoms with Gasteiger partial charge in [-0.3, -0.25) is 4.99 Å². The number of methoxy groups -OCH3 is 1. The molecule has 16 heavy (non-hydrogen) atoms. The number of nitrogens with zero attached hydrogens (tertiary/aromatic N) is 1. The van der Waals surface area contributed by atoms with Crippen LogP contribution in [0.25, 0.3) is 0 Å². The zero-order chi connectivity index (χ0) is 12.0. The van der Waals surface area contributed by atoms with Gasteiger partial charge in [0.05, 0.1) is 6.61 Å². The molecule has 0 saturated heterocycles. The lowest BCUT2D eigenvalue weighted by Gasteiger charge is -2.21. The molecule has 4 heteroatoms. The number of aliphatic imine (C=N–C) groups is 1. The van der Waals surface area contributed by atoms with Crippen molar-refractivity contribution in [2.75, 3.05) is 20.3 Å². The number of ether oxygens (including phenoxy) is 1. The Bertz CT molecular complexity index is 234. The predicted octanol–water partition coefficient (Wildman–Crippen LogP) is 1.51. The molecule has 0 amide bonds. The summed E-state index contributed by atoms with van der Waals surface area (Å²) in [7, 11) is 1.69. The van der Waals surface area contributed by atoms with E-state index in [1.54, 1.807) is 7.11 Å². The Morgan fingerprint density at radius 3 is 2.69 bits per heavy atom. The number of nitrogens with two attached hydrogens (primary N) is 1. The average Bonchev–Trinajstić information content (AvgIpc) is 2.63. The van der Waals surface area contributed by atoms with E-state index < -0.39 is 0 Å². The lowest BCUT2D eigenvalue weighted by molar-refractivity contribution is 0.179. The maximum atomic E-state index is 5.83. The second-order valence-electron chi connectivity index (χ2n) is 5.22. The third-order valence-corrected chi connectivity index (χ3v) is 3.25. The normalized spacial score (nSPS) is 22.1. The highest BCUT2D eigenvalue weighted by Gasteiger charge is 2.28. The fourth-order valence-corrected chi connectivity index (χ4v) is 2.25. The molecule has 0 aromatic heterocycles. The van der Waals surface area contributed by atoms with Gasteiger partial charge in [-0.15, -0.1) is 0 Å². The first-order valence-corrected chi connectivity index (χ1v) is 6.11. The van der Waals surface area contributed by atoms with E-state index >= 15 is 0 Å². The average molecular weight is 227 g/mol. The molecule has 1 atom stereocenters. The fourth-order valence-electron chi connectivity index (χ4n) is 2.25. The Morgan fingerprint density at radius 2 is 2.12 bits per heavy atom. The van der Waals surface area contributed by atoms with Gasteiger partial charge in [-0.2, -0.15) is 0 Å². The van der Waals surface area contributed by atoms with Crippen LogP contribution < -0.4 is 11.1 Å². The van der Waals surface area contributed by atoms with Crippen LogP contribution >= 0.6 is 0 Å². The van der Waals surface area contributed by atoms with Gasteiger partial charge in [0.15, 0.2) is 5.96 Å². The molecular weight excluding hydrogens is 202 g/mol.